The van der Waals surface area contributed by atoms with Crippen LogP contribution in [0.5, 0.6) is 5.75 Å². The molecule has 1 aliphatic rings. The number of nitrogens with zero attached hydrogens (tertiary/aromatic N) is 1. The van der Waals surface area contributed by atoms with Gasteiger partial charge in [0.2, 0.25) is 0 Å². The first kappa shape index (κ1) is 27.0. The number of benzene rings is 2. The van der Waals surface area contributed by atoms with E-state index >= 15 is 0 Å². The second-order valence-electron chi connectivity index (χ2n) is 10.2. The molecule has 188 valence electrons. The van der Waals surface area contributed by atoms with Crippen LogP contribution >= 0.6 is 0 Å². The van der Waals surface area contributed by atoms with E-state index in [0.717, 1.165) is 56.1 Å². The molecule has 0 atom stereocenters. The normalized spacial score (nSPS) is 14.9. The molecule has 3 heteroatoms. The molecular formula is C32H43NO2. The summed E-state index contributed by atoms with van der Waals surface area (Å²) in [6.07, 6.45) is 17.4. The van der Waals surface area contributed by atoms with Crippen LogP contribution in [0.3, 0.4) is 0 Å². The van der Waals surface area contributed by atoms with E-state index in [9.17, 15) is 10.1 Å². The maximum absolute atomic E-state index is 13.6. The third-order valence-electron chi connectivity index (χ3n) is 7.70. The van der Waals surface area contributed by atoms with E-state index in [1.54, 1.807) is 6.07 Å². The molecule has 3 rings (SSSR count). The fourth-order valence-electron chi connectivity index (χ4n) is 5.39. The summed E-state index contributed by atoms with van der Waals surface area (Å²) in [6.45, 7) is 4.32. The molecule has 0 aromatic heterocycles. The average Bonchev–Trinajstić information content (AvgIpc) is 2.91. The minimum Gasteiger partial charge on any atom is -0.424 e. The molecule has 0 spiro atoms. The Kier molecular flexibility index (Phi) is 10.9. The largest absolute Gasteiger partial charge is 0.424 e. The first-order valence-electron chi connectivity index (χ1n) is 14.0. The zero-order valence-electron chi connectivity index (χ0n) is 21.9. The van der Waals surface area contributed by atoms with Gasteiger partial charge in [0, 0.05) is 0 Å². The van der Waals surface area contributed by atoms with Crippen LogP contribution in [0.1, 0.15) is 120 Å². The van der Waals surface area contributed by atoms with Gasteiger partial charge >= 0.3 is 5.97 Å². The third kappa shape index (κ3) is 7.44. The monoisotopic (exact) mass is 473 g/mol. The molecule has 3 nitrogen and oxygen atoms in total. The first-order chi connectivity index (χ1) is 17.1. The zero-order valence-corrected chi connectivity index (χ0v) is 21.9. The number of unbranched alkanes of at least 4 members (excludes halogenated alkanes) is 7. The summed E-state index contributed by atoms with van der Waals surface area (Å²) in [4.78, 5) is 13.6. The summed E-state index contributed by atoms with van der Waals surface area (Å²) in [7, 11) is 0. The van der Waals surface area contributed by atoms with Crippen LogP contribution in [-0.2, 0) is 23.1 Å². The molecule has 0 unspecified atom stereocenters. The summed E-state index contributed by atoms with van der Waals surface area (Å²) < 4.78 is 5.93. The number of carbonyl (C=O) groups is 1. The van der Waals surface area contributed by atoms with Crippen molar-refractivity contribution in [2.75, 3.05) is 0 Å². The maximum Gasteiger partial charge on any atom is 0.321 e. The SMILES string of the molecule is CCCCCCCCCCc1ccc(C2(C(=O)Oc3ccc(CC)cc3C#N)CCCCC2)cc1. The Morgan fingerprint density at radius 2 is 1.49 bits per heavy atom. The Bertz CT molecular complexity index is 964. The van der Waals surface area contributed by atoms with Gasteiger partial charge in [0.05, 0.1) is 11.0 Å². The summed E-state index contributed by atoms with van der Waals surface area (Å²) in [5.41, 5.74) is 3.29. The number of esters is 1. The van der Waals surface area contributed by atoms with E-state index in [-0.39, 0.29) is 5.97 Å². The van der Waals surface area contributed by atoms with Gasteiger partial charge in [0.15, 0.2) is 0 Å². The van der Waals surface area contributed by atoms with Crippen LogP contribution < -0.4 is 4.74 Å². The minimum atomic E-state index is -0.620. The van der Waals surface area contributed by atoms with Crippen molar-refractivity contribution < 1.29 is 9.53 Å². The molecule has 0 saturated heterocycles. The quantitative estimate of drug-likeness (QED) is 0.166. The van der Waals surface area contributed by atoms with E-state index in [0.29, 0.717) is 11.3 Å². The lowest BCUT2D eigenvalue weighted by Crippen LogP contribution is -2.41. The van der Waals surface area contributed by atoms with Crippen LogP contribution in [0.2, 0.25) is 0 Å². The summed E-state index contributed by atoms with van der Waals surface area (Å²) in [5.74, 6) is 0.166. The first-order valence-corrected chi connectivity index (χ1v) is 14.0. The van der Waals surface area contributed by atoms with Crippen molar-refractivity contribution in [3.8, 4) is 11.8 Å². The van der Waals surface area contributed by atoms with Crippen LogP contribution in [0.15, 0.2) is 42.5 Å². The molecule has 1 aliphatic carbocycles. The van der Waals surface area contributed by atoms with Gasteiger partial charge in [-0.1, -0.05) is 108 Å². The Labute approximate surface area is 212 Å². The van der Waals surface area contributed by atoms with E-state index in [1.165, 1.54) is 56.9 Å². The molecule has 1 fully saturated rings. The average molecular weight is 474 g/mol. The van der Waals surface area contributed by atoms with Gasteiger partial charge in [-0.15, -0.1) is 0 Å². The predicted molar refractivity (Wildman–Crippen MR) is 144 cm³/mol. The molecule has 2 aromatic rings. The van der Waals surface area contributed by atoms with E-state index < -0.39 is 5.41 Å². The Balaban J connectivity index is 1.63. The highest BCUT2D eigenvalue weighted by Crippen LogP contribution is 2.41. The van der Waals surface area contributed by atoms with Crippen molar-refractivity contribution in [3.05, 3.63) is 64.7 Å². The molecule has 0 N–H and O–H groups in total. The second kappa shape index (κ2) is 14.1. The number of aryl methyl sites for hydroxylation is 2. The molecule has 0 aliphatic heterocycles. The number of nitriles is 1. The van der Waals surface area contributed by atoms with Gasteiger partial charge < -0.3 is 4.74 Å². The number of hydrogen-bond acceptors (Lipinski definition) is 3. The van der Waals surface area contributed by atoms with Crippen LogP contribution in [0, 0.1) is 11.3 Å². The van der Waals surface area contributed by atoms with Crippen molar-refractivity contribution >= 4 is 5.97 Å². The van der Waals surface area contributed by atoms with Crippen molar-refractivity contribution in [1.82, 2.24) is 0 Å². The standard InChI is InChI=1S/C32H43NO2/c1-3-5-6-7-8-9-10-12-15-27-16-19-29(20-17-27)32(22-13-11-14-23-32)31(34)35-30-21-18-26(4-2)24-28(30)25-33/h16-21,24H,3-15,22-23H2,1-2H3. The van der Waals surface area contributed by atoms with Crippen LogP contribution in [0.25, 0.3) is 0 Å². The van der Waals surface area contributed by atoms with Crippen molar-refractivity contribution in [2.24, 2.45) is 0 Å². The lowest BCUT2D eigenvalue weighted by Gasteiger charge is -2.35. The molecule has 1 saturated carbocycles. The zero-order chi connectivity index (χ0) is 24.9. The predicted octanol–water partition coefficient (Wildman–Crippen LogP) is 8.61. The van der Waals surface area contributed by atoms with E-state index in [1.807, 2.05) is 12.1 Å². The number of hydrogen-bond donors (Lipinski definition) is 0. The Morgan fingerprint density at radius 1 is 0.857 bits per heavy atom. The van der Waals surface area contributed by atoms with Gasteiger partial charge in [0.25, 0.3) is 0 Å². The fraction of sp³-hybridized carbons (Fsp3) is 0.562. The highest BCUT2D eigenvalue weighted by molar-refractivity contribution is 5.85. The minimum absolute atomic E-state index is 0.214. The lowest BCUT2D eigenvalue weighted by molar-refractivity contribution is -0.142. The van der Waals surface area contributed by atoms with Crippen molar-refractivity contribution in [1.29, 1.82) is 5.26 Å². The van der Waals surface area contributed by atoms with Gasteiger partial charge in [-0.05, 0) is 60.9 Å². The second-order valence-corrected chi connectivity index (χ2v) is 10.2. The molecule has 0 amide bonds. The molecular weight excluding hydrogens is 430 g/mol. The van der Waals surface area contributed by atoms with E-state index in [4.69, 9.17) is 4.74 Å². The van der Waals surface area contributed by atoms with Crippen molar-refractivity contribution in [3.63, 3.8) is 0 Å². The molecule has 0 bridgehead atoms. The number of carbonyl (C=O) groups excluding carboxylic acids is 1. The number of ether oxygens (including phenoxy) is 1. The maximum atomic E-state index is 13.6. The molecule has 2 aromatic carbocycles. The Hall–Kier alpha value is -2.60. The van der Waals surface area contributed by atoms with Crippen LogP contribution in [-0.4, -0.2) is 5.97 Å². The summed E-state index contributed by atoms with van der Waals surface area (Å²) in [6, 6.07) is 16.5. The van der Waals surface area contributed by atoms with Gasteiger partial charge in [0.1, 0.15) is 11.8 Å². The Morgan fingerprint density at radius 3 is 2.11 bits per heavy atom. The lowest BCUT2D eigenvalue weighted by atomic mass is 9.69. The van der Waals surface area contributed by atoms with Gasteiger partial charge in [-0.3, -0.25) is 4.79 Å². The van der Waals surface area contributed by atoms with Gasteiger partial charge in [-0.2, -0.15) is 5.26 Å². The number of rotatable bonds is 13. The molecule has 0 radical (unpaired) electrons. The summed E-state index contributed by atoms with van der Waals surface area (Å²) in [5, 5.41) is 9.58. The highest BCUT2D eigenvalue weighted by Gasteiger charge is 2.43. The van der Waals surface area contributed by atoms with Crippen LogP contribution in [0.4, 0.5) is 0 Å². The molecule has 35 heavy (non-hydrogen) atoms. The molecule has 0 heterocycles. The summed E-state index contributed by atoms with van der Waals surface area (Å²) >= 11 is 0. The third-order valence-corrected chi connectivity index (χ3v) is 7.70. The topological polar surface area (TPSA) is 50.1 Å². The van der Waals surface area contributed by atoms with Crippen molar-refractivity contribution in [2.45, 2.75) is 116 Å². The fourth-order valence-corrected chi connectivity index (χ4v) is 5.39. The highest BCUT2D eigenvalue weighted by atomic mass is 16.5. The smallest absolute Gasteiger partial charge is 0.321 e. The van der Waals surface area contributed by atoms with Gasteiger partial charge in [-0.25, -0.2) is 0 Å². The van der Waals surface area contributed by atoms with E-state index in [2.05, 4.69) is 44.2 Å².